The van der Waals surface area contributed by atoms with Crippen LogP contribution in [0, 0.1) is 46.3 Å². The molecule has 4 saturated carbocycles. The molecule has 0 saturated heterocycles. The van der Waals surface area contributed by atoms with E-state index in [4.69, 9.17) is 9.60 Å². The largest absolute Gasteiger partial charge is 0.516 e. The van der Waals surface area contributed by atoms with Gasteiger partial charge in [-0.05, 0) is 123 Å². The Morgan fingerprint density at radius 2 is 1.93 bits per heavy atom. The Morgan fingerprint density at radius 3 is 2.71 bits per heavy atom. The Labute approximate surface area is 184 Å². The predicted octanol–water partition coefficient (Wildman–Crippen LogP) is 8.30. The van der Waals surface area contributed by atoms with Crippen LogP contribution < -0.4 is 0 Å². The van der Waals surface area contributed by atoms with Gasteiger partial charge in [-0.25, -0.2) is 0 Å². The summed E-state index contributed by atoms with van der Waals surface area (Å²) in [7, 11) is 0. The number of allylic oxidation sites excluding steroid dienone is 1. The van der Waals surface area contributed by atoms with E-state index in [1.54, 1.807) is 0 Å². The summed E-state index contributed by atoms with van der Waals surface area (Å²) >= 11 is 0. The lowest BCUT2D eigenvalue weighted by Crippen LogP contribution is -2.53. The molecule has 160 valence electrons. The van der Waals surface area contributed by atoms with Crippen molar-refractivity contribution in [3.63, 3.8) is 0 Å². The summed E-state index contributed by atoms with van der Waals surface area (Å²) in [6.45, 7) is 4.22. The number of aliphatic hydroxyl groups excluding tert-OH is 1. The smallest absolute Gasteiger partial charge is 0.103 e. The first kappa shape index (κ1) is 13.8. The zero-order valence-electron chi connectivity index (χ0n) is 25.3. The van der Waals surface area contributed by atoms with Crippen LogP contribution in [0.5, 0.6) is 0 Å². The van der Waals surface area contributed by atoms with Crippen molar-refractivity contribution in [2.45, 2.75) is 111 Å². The molecule has 1 N–H and O–H groups in total. The van der Waals surface area contributed by atoms with Crippen LogP contribution in [0.25, 0.3) is 0 Å². The van der Waals surface area contributed by atoms with Crippen molar-refractivity contribution in [2.75, 3.05) is 0 Å². The van der Waals surface area contributed by atoms with E-state index in [0.29, 0.717) is 17.3 Å². The fourth-order valence-corrected chi connectivity index (χ4v) is 8.81. The second-order valence-electron chi connectivity index (χ2n) is 11.2. The standard InChI is InChI=1S/C27H46O/c1-19(18-28)8-7-9-20(2)23-13-14-24-22-12-11-21-10-5-6-16-26(21,3)25(22)15-17-27(23,24)4/h18,20-25,28H,5-17H2,1-4H3/t20-,21?,22+,23-,24+,25+,26+,27-/m1/s1/i1D3,7D,8D2,18D/t7?,20-,21?,22+,23-,24+,25+,26+,27-. The van der Waals surface area contributed by atoms with Crippen LogP contribution in [0.15, 0.2) is 11.8 Å². The van der Waals surface area contributed by atoms with Crippen molar-refractivity contribution >= 4 is 0 Å². The summed E-state index contributed by atoms with van der Waals surface area (Å²) in [5.41, 5.74) is -0.235. The van der Waals surface area contributed by atoms with Crippen LogP contribution in [-0.4, -0.2) is 5.11 Å². The molecule has 0 amide bonds. The van der Waals surface area contributed by atoms with E-state index in [0.717, 1.165) is 24.2 Å². The van der Waals surface area contributed by atoms with Gasteiger partial charge in [0, 0.05) is 8.22 Å². The fourth-order valence-electron chi connectivity index (χ4n) is 8.81. The fraction of sp³-hybridized carbons (Fsp3) is 0.926. The summed E-state index contributed by atoms with van der Waals surface area (Å²) in [5.74, 6) is 3.71. The highest BCUT2D eigenvalue weighted by Crippen LogP contribution is 2.68. The van der Waals surface area contributed by atoms with Crippen LogP contribution in [0.2, 0.25) is 0 Å². The van der Waals surface area contributed by atoms with Crippen molar-refractivity contribution < 1.29 is 14.7 Å². The predicted molar refractivity (Wildman–Crippen MR) is 119 cm³/mol. The lowest BCUT2D eigenvalue weighted by atomic mass is 9.44. The highest BCUT2D eigenvalue weighted by Gasteiger charge is 2.59. The van der Waals surface area contributed by atoms with Gasteiger partial charge in [-0.3, -0.25) is 0 Å². The molecule has 0 aromatic carbocycles. The maximum absolute atomic E-state index is 9.65. The van der Waals surface area contributed by atoms with Crippen molar-refractivity contribution in [3.05, 3.63) is 11.8 Å². The van der Waals surface area contributed by atoms with Gasteiger partial charge in [0.25, 0.3) is 0 Å². The summed E-state index contributed by atoms with van der Waals surface area (Å²) in [5, 5.41) is 9.65. The Hall–Kier alpha value is -0.460. The molecule has 0 aromatic rings. The zero-order valence-corrected chi connectivity index (χ0v) is 18.3. The van der Waals surface area contributed by atoms with E-state index in [-0.39, 0.29) is 17.8 Å². The summed E-state index contributed by atoms with van der Waals surface area (Å²) in [4.78, 5) is 0. The van der Waals surface area contributed by atoms with Crippen molar-refractivity contribution in [3.8, 4) is 0 Å². The minimum absolute atomic E-state index is 0.0893. The minimum atomic E-state index is -2.94. The first-order valence-corrected chi connectivity index (χ1v) is 12.0. The second kappa shape index (κ2) is 7.99. The van der Waals surface area contributed by atoms with Crippen LogP contribution >= 0.6 is 0 Å². The quantitative estimate of drug-likeness (QED) is 0.466. The maximum Gasteiger partial charge on any atom is 0.103 e. The third-order valence-electron chi connectivity index (χ3n) is 10.2. The molecule has 0 bridgehead atoms. The molecule has 4 aliphatic rings. The average molecular weight is 394 g/mol. The summed E-state index contributed by atoms with van der Waals surface area (Å²) in [6.07, 6.45) is 8.19. The van der Waals surface area contributed by atoms with Gasteiger partial charge in [-0.2, -0.15) is 0 Å². The molecule has 9 atom stereocenters. The lowest BCUT2D eigenvalue weighted by Gasteiger charge is -2.61. The van der Waals surface area contributed by atoms with Gasteiger partial charge in [0.1, 0.15) is 1.37 Å². The van der Waals surface area contributed by atoms with Crippen LogP contribution in [-0.2, 0) is 0 Å². The Morgan fingerprint density at radius 1 is 1.11 bits per heavy atom. The van der Waals surface area contributed by atoms with Crippen molar-refractivity contribution in [1.82, 2.24) is 0 Å². The van der Waals surface area contributed by atoms with Gasteiger partial charge >= 0.3 is 0 Å². The first-order chi connectivity index (χ1) is 16.1. The molecule has 0 spiro atoms. The number of rotatable bonds is 5. The Bertz CT molecular complexity index is 819. The molecule has 4 fully saturated rings. The van der Waals surface area contributed by atoms with Crippen molar-refractivity contribution in [1.29, 1.82) is 0 Å². The van der Waals surface area contributed by atoms with Gasteiger partial charge in [0.15, 0.2) is 0 Å². The second-order valence-corrected chi connectivity index (χ2v) is 11.2. The van der Waals surface area contributed by atoms with E-state index < -0.39 is 31.4 Å². The Balaban J connectivity index is 1.50. The SMILES string of the molecule is [2H]C(O)=C(C([2H])([2H])[2H])C([2H])([2H])C([2H])C[C@@H](C)[C@H]1CC[C@H]2[C@@H]3CCC4CCCC[C@]4(C)[C@H]3CC[C@]12C. The van der Waals surface area contributed by atoms with E-state index in [1.807, 2.05) is 0 Å². The minimum Gasteiger partial charge on any atom is -0.516 e. The molecule has 1 heteroatoms. The summed E-state index contributed by atoms with van der Waals surface area (Å²) in [6, 6.07) is 0. The number of fused-ring (bicyclic) bond motifs is 5. The molecule has 0 aromatic heterocycles. The molecular formula is C27H46O. The average Bonchev–Trinajstić information content (AvgIpc) is 3.08. The monoisotopic (exact) mass is 393 g/mol. The number of hydrogen-bond acceptors (Lipinski definition) is 1. The molecule has 4 rings (SSSR count). The topological polar surface area (TPSA) is 20.2 Å². The number of aliphatic hydroxyl groups is 1. The van der Waals surface area contributed by atoms with E-state index in [9.17, 15) is 5.11 Å². The molecule has 2 unspecified atom stereocenters. The lowest BCUT2D eigenvalue weighted by molar-refractivity contribution is -0.114. The molecule has 28 heavy (non-hydrogen) atoms. The van der Waals surface area contributed by atoms with Crippen LogP contribution in [0.1, 0.15) is 121 Å². The number of hydrogen-bond donors (Lipinski definition) is 1. The van der Waals surface area contributed by atoms with Gasteiger partial charge in [0.2, 0.25) is 0 Å². The van der Waals surface area contributed by atoms with E-state index in [2.05, 4.69) is 20.8 Å². The molecule has 1 nitrogen and oxygen atoms in total. The Kier molecular flexibility index (Phi) is 3.93. The molecule has 0 aliphatic heterocycles. The molecular weight excluding hydrogens is 340 g/mol. The van der Waals surface area contributed by atoms with Crippen molar-refractivity contribution in [2.24, 2.45) is 46.3 Å². The third kappa shape index (κ3) is 3.37. The first-order valence-electron chi connectivity index (χ1n) is 15.5. The van der Waals surface area contributed by atoms with Crippen LogP contribution in [0.3, 0.4) is 0 Å². The zero-order chi connectivity index (χ0) is 26.0. The highest BCUT2D eigenvalue weighted by molar-refractivity contribution is 5.09. The van der Waals surface area contributed by atoms with E-state index >= 15 is 0 Å². The third-order valence-corrected chi connectivity index (χ3v) is 10.2. The van der Waals surface area contributed by atoms with Gasteiger partial charge < -0.3 is 5.11 Å². The van der Waals surface area contributed by atoms with Gasteiger partial charge in [-0.1, -0.05) is 40.0 Å². The molecule has 0 radical (unpaired) electrons. The normalized spacial score (nSPS) is 53.2. The maximum atomic E-state index is 9.65. The molecule has 0 heterocycles. The van der Waals surface area contributed by atoms with Crippen LogP contribution in [0.4, 0.5) is 0 Å². The summed E-state index contributed by atoms with van der Waals surface area (Å²) < 4.78 is 55.6. The van der Waals surface area contributed by atoms with Gasteiger partial charge in [0.05, 0.1) is 6.24 Å². The van der Waals surface area contributed by atoms with E-state index in [1.165, 1.54) is 57.8 Å². The molecule has 4 aliphatic carbocycles. The van der Waals surface area contributed by atoms with Gasteiger partial charge in [-0.15, -0.1) is 0 Å². The highest BCUT2D eigenvalue weighted by atomic mass is 16.2.